The van der Waals surface area contributed by atoms with Gasteiger partial charge in [-0.1, -0.05) is 32.6 Å². The molecule has 36 heavy (non-hydrogen) atoms. The Morgan fingerprint density at radius 1 is 1.33 bits per heavy atom. The van der Waals surface area contributed by atoms with Crippen molar-refractivity contribution in [1.82, 2.24) is 9.88 Å². The van der Waals surface area contributed by atoms with Gasteiger partial charge in [-0.2, -0.15) is 5.26 Å². The van der Waals surface area contributed by atoms with E-state index in [4.69, 9.17) is 4.98 Å². The number of carbonyl (C=O) groups is 1. The van der Waals surface area contributed by atoms with Crippen LogP contribution in [0.2, 0.25) is 0 Å². The van der Waals surface area contributed by atoms with Crippen LogP contribution in [0.25, 0.3) is 11.1 Å². The monoisotopic (exact) mass is 486 g/mol. The summed E-state index contributed by atoms with van der Waals surface area (Å²) in [5, 5.41) is 20.5. The number of aliphatic hydroxyl groups is 1. The Balaban J connectivity index is 1.49. The van der Waals surface area contributed by atoms with Gasteiger partial charge >= 0.3 is 0 Å². The van der Waals surface area contributed by atoms with Crippen LogP contribution in [0.3, 0.4) is 0 Å². The van der Waals surface area contributed by atoms with Crippen molar-refractivity contribution in [2.45, 2.75) is 45.6 Å². The van der Waals surface area contributed by atoms with Crippen molar-refractivity contribution in [2.75, 3.05) is 31.1 Å². The van der Waals surface area contributed by atoms with Gasteiger partial charge in [0.2, 0.25) is 5.91 Å². The van der Waals surface area contributed by atoms with Crippen LogP contribution in [0.4, 0.5) is 10.2 Å². The molecule has 6 nitrogen and oxygen atoms in total. The summed E-state index contributed by atoms with van der Waals surface area (Å²) in [7, 11) is 0. The number of anilines is 1. The fourth-order valence-corrected chi connectivity index (χ4v) is 7.21. The summed E-state index contributed by atoms with van der Waals surface area (Å²) in [6, 6.07) is 7.12. The van der Waals surface area contributed by atoms with E-state index in [1.807, 2.05) is 0 Å². The molecule has 1 aromatic carbocycles. The fraction of sp³-hybridized carbons (Fsp3) is 0.483. The van der Waals surface area contributed by atoms with Crippen molar-refractivity contribution in [3.05, 3.63) is 59.1 Å². The van der Waals surface area contributed by atoms with Crippen molar-refractivity contribution in [3.63, 3.8) is 0 Å². The van der Waals surface area contributed by atoms with Crippen LogP contribution < -0.4 is 4.90 Å². The molecule has 1 spiro atoms. The zero-order chi connectivity index (χ0) is 25.4. The summed E-state index contributed by atoms with van der Waals surface area (Å²) in [6.07, 6.45) is 4.08. The summed E-state index contributed by atoms with van der Waals surface area (Å²) in [4.78, 5) is 21.2. The predicted molar refractivity (Wildman–Crippen MR) is 135 cm³/mol. The highest BCUT2D eigenvalue weighted by atomic mass is 19.1. The largest absolute Gasteiger partial charge is 0.392 e. The Morgan fingerprint density at radius 2 is 2.11 bits per heavy atom. The number of hydrogen-bond donors (Lipinski definition) is 1. The molecule has 2 bridgehead atoms. The van der Waals surface area contributed by atoms with Gasteiger partial charge in [-0.25, -0.2) is 9.37 Å². The van der Waals surface area contributed by atoms with E-state index in [1.54, 1.807) is 17.0 Å². The number of likely N-dealkylation sites (tertiary alicyclic amines) is 1. The Labute approximate surface area is 211 Å². The molecule has 1 saturated carbocycles. The smallest absolute Gasteiger partial charge is 0.245 e. The first-order valence-electron chi connectivity index (χ1n) is 12.7. The van der Waals surface area contributed by atoms with Crippen LogP contribution in [-0.4, -0.2) is 47.1 Å². The molecule has 1 N–H and O–H groups in total. The molecule has 2 saturated heterocycles. The topological polar surface area (TPSA) is 80.5 Å². The standard InChI is InChI=1S/C29H31FN4O2/c1-4-23(36)34-15-29(16-34)8-9-33(14-29)27-20(12-31)25(24-17(13-35)6-5-7-22(24)30)19-10-18-11-21(26(19)32-27)28(18,2)3/h4-7,18,21,35H,1,8-11,13-16H2,2-3H3/t18-,21-/m0/s1. The number of nitriles is 1. The van der Waals surface area contributed by atoms with Crippen molar-refractivity contribution in [3.8, 4) is 17.2 Å². The second-order valence-electron chi connectivity index (χ2n) is 11.7. The number of carbonyl (C=O) groups excluding carboxylic acids is 1. The van der Waals surface area contributed by atoms with Crippen molar-refractivity contribution in [1.29, 1.82) is 5.26 Å². The third kappa shape index (κ3) is 3.10. The van der Waals surface area contributed by atoms with Crippen LogP contribution in [0.1, 0.15) is 55.0 Å². The minimum atomic E-state index is -0.425. The van der Waals surface area contributed by atoms with Gasteiger partial charge in [0, 0.05) is 48.6 Å². The Hall–Kier alpha value is -3.24. The van der Waals surface area contributed by atoms with E-state index in [-0.39, 0.29) is 29.3 Å². The van der Waals surface area contributed by atoms with Crippen molar-refractivity contribution < 1.29 is 14.3 Å². The highest BCUT2D eigenvalue weighted by Gasteiger charge is 2.55. The molecule has 186 valence electrons. The number of benzene rings is 1. The van der Waals surface area contributed by atoms with Crippen LogP contribution in [0, 0.1) is 33.9 Å². The summed E-state index contributed by atoms with van der Waals surface area (Å²) in [5.74, 6) is 0.873. The number of halogens is 1. The third-order valence-corrected chi connectivity index (χ3v) is 9.47. The van der Waals surface area contributed by atoms with E-state index in [2.05, 4.69) is 31.4 Å². The molecule has 2 aliphatic heterocycles. The molecular weight excluding hydrogens is 455 g/mol. The predicted octanol–water partition coefficient (Wildman–Crippen LogP) is 4.16. The lowest BCUT2D eigenvalue weighted by atomic mass is 9.48. The van der Waals surface area contributed by atoms with Gasteiger partial charge in [0.05, 0.1) is 12.3 Å². The van der Waals surface area contributed by atoms with Gasteiger partial charge in [0.25, 0.3) is 0 Å². The average Bonchev–Trinajstić information content (AvgIpc) is 3.31. The van der Waals surface area contributed by atoms with Crippen LogP contribution in [0.5, 0.6) is 0 Å². The molecular formula is C29H31FN4O2. The van der Waals surface area contributed by atoms with E-state index in [0.29, 0.717) is 53.6 Å². The van der Waals surface area contributed by atoms with Crippen molar-refractivity contribution in [2.24, 2.45) is 16.7 Å². The van der Waals surface area contributed by atoms with Crippen LogP contribution >= 0.6 is 0 Å². The maximum absolute atomic E-state index is 15.4. The second kappa shape index (κ2) is 7.88. The summed E-state index contributed by atoms with van der Waals surface area (Å²) >= 11 is 0. The number of nitrogens with zero attached hydrogens (tertiary/aromatic N) is 4. The summed E-state index contributed by atoms with van der Waals surface area (Å²) in [5.41, 5.74) is 3.87. The van der Waals surface area contributed by atoms with Gasteiger partial charge in [-0.05, 0) is 53.9 Å². The highest BCUT2D eigenvalue weighted by Crippen LogP contribution is 2.63. The zero-order valence-corrected chi connectivity index (χ0v) is 20.9. The average molecular weight is 487 g/mol. The van der Waals surface area contributed by atoms with Crippen molar-refractivity contribution >= 4 is 11.7 Å². The second-order valence-corrected chi connectivity index (χ2v) is 11.7. The molecule has 0 unspecified atom stereocenters. The number of hydrogen-bond acceptors (Lipinski definition) is 5. The minimum absolute atomic E-state index is 0.0156. The Kier molecular flexibility index (Phi) is 5.07. The Morgan fingerprint density at radius 3 is 2.78 bits per heavy atom. The van der Waals surface area contributed by atoms with E-state index < -0.39 is 5.82 Å². The van der Waals surface area contributed by atoms with E-state index in [0.717, 1.165) is 37.1 Å². The number of pyridine rings is 1. The molecule has 2 atom stereocenters. The maximum atomic E-state index is 15.4. The fourth-order valence-electron chi connectivity index (χ4n) is 7.21. The van der Waals surface area contributed by atoms with Crippen LogP contribution in [0.15, 0.2) is 30.9 Å². The lowest BCUT2D eigenvalue weighted by Gasteiger charge is -2.57. The molecule has 2 aromatic rings. The molecule has 1 amide bonds. The lowest BCUT2D eigenvalue weighted by Crippen LogP contribution is -2.59. The molecule has 3 aliphatic carbocycles. The first-order valence-corrected chi connectivity index (χ1v) is 12.7. The molecule has 5 aliphatic rings. The SMILES string of the molecule is C=CC(=O)N1CC2(CCN(c3nc4c(c(-c5c(F)cccc5CO)c3C#N)C[C@H]3C[C@@H]4C3(C)C)C2)C1. The molecule has 7 heteroatoms. The minimum Gasteiger partial charge on any atom is -0.392 e. The van der Waals surface area contributed by atoms with Gasteiger partial charge in [0.1, 0.15) is 23.3 Å². The molecule has 3 heterocycles. The number of rotatable bonds is 4. The van der Waals surface area contributed by atoms with E-state index in [9.17, 15) is 15.2 Å². The van der Waals surface area contributed by atoms with Gasteiger partial charge in [-0.3, -0.25) is 4.79 Å². The van der Waals surface area contributed by atoms with Gasteiger partial charge in [0.15, 0.2) is 0 Å². The first-order chi connectivity index (χ1) is 17.2. The molecule has 7 rings (SSSR count). The Bertz CT molecular complexity index is 1340. The summed E-state index contributed by atoms with van der Waals surface area (Å²) < 4.78 is 15.4. The number of aromatic nitrogens is 1. The van der Waals surface area contributed by atoms with Gasteiger partial charge < -0.3 is 14.9 Å². The molecule has 1 aromatic heterocycles. The first kappa shape index (κ1) is 23.2. The number of aliphatic hydroxyl groups excluding tert-OH is 1. The zero-order valence-electron chi connectivity index (χ0n) is 20.9. The molecule has 0 radical (unpaired) electrons. The third-order valence-electron chi connectivity index (χ3n) is 9.47. The highest BCUT2D eigenvalue weighted by molar-refractivity contribution is 5.88. The number of amides is 1. The van der Waals surface area contributed by atoms with E-state index >= 15 is 4.39 Å². The van der Waals surface area contributed by atoms with E-state index in [1.165, 1.54) is 12.1 Å². The summed E-state index contributed by atoms with van der Waals surface area (Å²) in [6.45, 7) is 10.6. The van der Waals surface area contributed by atoms with Gasteiger partial charge in [-0.15, -0.1) is 0 Å². The quantitative estimate of drug-likeness (QED) is 0.657. The maximum Gasteiger partial charge on any atom is 0.245 e. The van der Waals surface area contributed by atoms with Crippen LogP contribution in [-0.2, 0) is 17.8 Å². The molecule has 3 fully saturated rings. The lowest BCUT2D eigenvalue weighted by molar-refractivity contribution is -0.136. The normalized spacial score (nSPS) is 24.5.